The molecule has 2 nitrogen and oxygen atoms in total. The van der Waals surface area contributed by atoms with Crippen LogP contribution < -0.4 is 26.2 Å². The van der Waals surface area contributed by atoms with Gasteiger partial charge in [-0.3, -0.25) is 0 Å². The van der Waals surface area contributed by atoms with Gasteiger partial charge in [0.1, 0.15) is 0 Å². The van der Waals surface area contributed by atoms with Crippen molar-refractivity contribution in [3.8, 4) is 22.3 Å². The molecule has 3 aliphatic heterocycles. The van der Waals surface area contributed by atoms with Crippen molar-refractivity contribution in [2.24, 2.45) is 0 Å². The van der Waals surface area contributed by atoms with E-state index in [9.17, 15) is 0 Å². The molecule has 4 bridgehead atoms. The van der Waals surface area contributed by atoms with Crippen molar-refractivity contribution >= 4 is 57.2 Å². The molecule has 0 saturated carbocycles. The summed E-state index contributed by atoms with van der Waals surface area (Å²) < 4.78 is 0. The number of rotatable bonds is 2. The molecule has 7 aromatic rings. The zero-order chi connectivity index (χ0) is 48.2. The van der Waals surface area contributed by atoms with E-state index < -0.39 is 0 Å². The van der Waals surface area contributed by atoms with E-state index >= 15 is 0 Å². The Kier molecular flexibility index (Phi) is 9.61. The predicted octanol–water partition coefficient (Wildman–Crippen LogP) is 16.0. The molecule has 0 fully saturated rings. The summed E-state index contributed by atoms with van der Waals surface area (Å²) in [5, 5.41) is 0. The summed E-state index contributed by atoms with van der Waals surface area (Å²) in [6.07, 6.45) is 2.22. The summed E-state index contributed by atoms with van der Waals surface area (Å²) in [6.45, 7) is 35.9. The number of benzene rings is 7. The van der Waals surface area contributed by atoms with Crippen LogP contribution >= 0.6 is 0 Å². The fourth-order valence-electron chi connectivity index (χ4n) is 12.1. The highest BCUT2D eigenvalue weighted by Crippen LogP contribution is 2.57. The first-order chi connectivity index (χ1) is 31.8. The van der Waals surface area contributed by atoms with Gasteiger partial charge in [0, 0.05) is 45.0 Å². The lowest BCUT2D eigenvalue weighted by Crippen LogP contribution is -2.62. The van der Waals surface area contributed by atoms with Crippen molar-refractivity contribution in [1.82, 2.24) is 0 Å². The van der Waals surface area contributed by atoms with E-state index in [-0.39, 0.29) is 39.2 Å². The molecule has 0 amide bonds. The molecule has 3 heteroatoms. The van der Waals surface area contributed by atoms with Gasteiger partial charge in [0.15, 0.2) is 0 Å². The quantitative estimate of drug-likeness (QED) is 0.160. The van der Waals surface area contributed by atoms with Gasteiger partial charge in [0.25, 0.3) is 6.71 Å². The largest absolute Gasteiger partial charge is 0.311 e. The molecule has 0 radical (unpaired) electrons. The van der Waals surface area contributed by atoms with Crippen LogP contribution in [-0.2, 0) is 32.5 Å². The summed E-state index contributed by atoms with van der Waals surface area (Å²) in [5.41, 5.74) is 26.1. The van der Waals surface area contributed by atoms with Crippen LogP contribution in [0.5, 0.6) is 0 Å². The van der Waals surface area contributed by atoms with Crippen molar-refractivity contribution in [3.05, 3.63) is 172 Å². The topological polar surface area (TPSA) is 6.48 Å². The molecular formula is C65H71BN2. The molecule has 0 N–H and O–H groups in total. The Labute approximate surface area is 408 Å². The highest BCUT2D eigenvalue weighted by molar-refractivity contribution is 7.00. The first kappa shape index (κ1) is 44.7. The monoisotopic (exact) mass is 891 g/mol. The van der Waals surface area contributed by atoms with E-state index in [0.29, 0.717) is 0 Å². The lowest BCUT2D eigenvalue weighted by Gasteiger charge is -2.49. The third kappa shape index (κ3) is 6.80. The molecule has 0 aromatic heterocycles. The Morgan fingerprint density at radius 3 is 1.65 bits per heavy atom. The van der Waals surface area contributed by atoms with E-state index in [1.54, 1.807) is 0 Å². The van der Waals surface area contributed by atoms with Crippen molar-refractivity contribution in [2.45, 2.75) is 149 Å². The summed E-state index contributed by atoms with van der Waals surface area (Å²) in [4.78, 5) is 5.42. The van der Waals surface area contributed by atoms with Crippen LogP contribution in [-0.4, -0.2) is 6.71 Å². The fourth-order valence-corrected chi connectivity index (χ4v) is 12.1. The van der Waals surface area contributed by atoms with Gasteiger partial charge in [0.2, 0.25) is 0 Å². The molecule has 1 aliphatic carbocycles. The third-order valence-corrected chi connectivity index (χ3v) is 16.6. The molecule has 3 heterocycles. The first-order valence-corrected chi connectivity index (χ1v) is 25.4. The minimum Gasteiger partial charge on any atom is -0.311 e. The van der Waals surface area contributed by atoms with Gasteiger partial charge in [-0.05, 0) is 155 Å². The number of hydrogen-bond acceptors (Lipinski definition) is 2. The molecule has 68 heavy (non-hydrogen) atoms. The number of anilines is 6. The maximum Gasteiger partial charge on any atom is 0.252 e. The second-order valence-electron chi connectivity index (χ2n) is 25.9. The van der Waals surface area contributed by atoms with Crippen LogP contribution in [0.3, 0.4) is 0 Å². The maximum absolute atomic E-state index is 2.77. The van der Waals surface area contributed by atoms with Gasteiger partial charge in [-0.25, -0.2) is 0 Å². The SMILES string of the molecule is CC(C)(C)c1cccc(N2c3cc(C(C)(C)C)ccc3B3c4cc5c6cc4N(c4cc(C(C)(C)C)cc2c43)c2c(-c3ccccc3)cc(C(C)(C)C)cc2-c2cccc(c2)C6(C)CCC5(C)C)c1. The van der Waals surface area contributed by atoms with Gasteiger partial charge < -0.3 is 9.80 Å². The smallest absolute Gasteiger partial charge is 0.252 e. The van der Waals surface area contributed by atoms with Crippen LogP contribution in [0.15, 0.2) is 133 Å². The van der Waals surface area contributed by atoms with Gasteiger partial charge in [-0.1, -0.05) is 189 Å². The Balaban J connectivity index is 1.37. The molecule has 1 atom stereocenters. The normalized spacial score (nSPS) is 17.9. The minimum atomic E-state index is -0.164. The van der Waals surface area contributed by atoms with E-state index in [4.69, 9.17) is 0 Å². The molecule has 0 saturated heterocycles. The second kappa shape index (κ2) is 14.6. The number of fused-ring (bicyclic) bond motifs is 10. The van der Waals surface area contributed by atoms with E-state index in [2.05, 4.69) is 247 Å². The summed E-state index contributed by atoms with van der Waals surface area (Å²) in [5.74, 6) is 0. The fraction of sp³-hybridized carbons (Fsp3) is 0.354. The van der Waals surface area contributed by atoms with Crippen LogP contribution in [0.25, 0.3) is 22.3 Å². The third-order valence-electron chi connectivity index (χ3n) is 16.6. The predicted molar refractivity (Wildman–Crippen MR) is 295 cm³/mol. The van der Waals surface area contributed by atoms with Crippen molar-refractivity contribution in [3.63, 3.8) is 0 Å². The van der Waals surface area contributed by atoms with Crippen molar-refractivity contribution in [2.75, 3.05) is 9.80 Å². The van der Waals surface area contributed by atoms with Gasteiger partial charge >= 0.3 is 0 Å². The summed E-state index contributed by atoms with van der Waals surface area (Å²) in [6, 6.07) is 53.4. The molecule has 1 unspecified atom stereocenters. The van der Waals surface area contributed by atoms with E-state index in [0.717, 1.165) is 12.8 Å². The lowest BCUT2D eigenvalue weighted by atomic mass is 9.33. The van der Waals surface area contributed by atoms with Gasteiger partial charge in [0.05, 0.1) is 5.69 Å². The highest BCUT2D eigenvalue weighted by atomic mass is 15.2. The lowest BCUT2D eigenvalue weighted by molar-refractivity contribution is 0.350. The molecule has 0 spiro atoms. The molecule has 7 aromatic carbocycles. The van der Waals surface area contributed by atoms with Crippen molar-refractivity contribution in [1.29, 1.82) is 0 Å². The van der Waals surface area contributed by atoms with Gasteiger partial charge in [-0.15, -0.1) is 0 Å². The molecular weight excluding hydrogens is 820 g/mol. The molecule has 11 rings (SSSR count). The highest BCUT2D eigenvalue weighted by Gasteiger charge is 2.49. The van der Waals surface area contributed by atoms with Crippen LogP contribution in [0.1, 0.15) is 156 Å². The Morgan fingerprint density at radius 1 is 0.426 bits per heavy atom. The Bertz CT molecular complexity index is 3210. The number of hydrogen-bond donors (Lipinski definition) is 0. The van der Waals surface area contributed by atoms with Crippen LogP contribution in [0, 0.1) is 0 Å². The average Bonchev–Trinajstić information content (AvgIpc) is 3.28. The average molecular weight is 891 g/mol. The first-order valence-electron chi connectivity index (χ1n) is 25.4. The number of nitrogens with zero attached hydrogens (tertiary/aromatic N) is 2. The Morgan fingerprint density at radius 2 is 0.985 bits per heavy atom. The summed E-state index contributed by atoms with van der Waals surface area (Å²) in [7, 11) is 0. The van der Waals surface area contributed by atoms with Crippen LogP contribution in [0.2, 0.25) is 0 Å². The van der Waals surface area contributed by atoms with Crippen LogP contribution in [0.4, 0.5) is 34.1 Å². The second-order valence-corrected chi connectivity index (χ2v) is 25.9. The summed E-state index contributed by atoms with van der Waals surface area (Å²) >= 11 is 0. The maximum atomic E-state index is 2.77. The van der Waals surface area contributed by atoms with Gasteiger partial charge in [-0.2, -0.15) is 0 Å². The molecule has 4 aliphatic rings. The molecule has 344 valence electrons. The standard InChI is InChI=1S/C65H71BN2/c1-60(2,3)42-24-20-26-47(32-42)67-54-35-43(61(4,5)6)27-28-52(54)66-53-38-50-51-39-55(53)68(57-37-46(63(10,11)12)36-56(67)58(57)66)59-48(40-21-17-16-18-22-40)33-45(62(7,8)9)34-49(59)41-23-19-25-44(31-41)65(51,15)30-29-64(50,13)14/h16-28,31-39H,29-30H2,1-15H3. The minimum absolute atomic E-state index is 0.00261. The zero-order valence-electron chi connectivity index (χ0n) is 43.6. The Hall–Kier alpha value is -5.80. The zero-order valence-corrected chi connectivity index (χ0v) is 43.6. The van der Waals surface area contributed by atoms with E-state index in [1.165, 1.54) is 112 Å². The van der Waals surface area contributed by atoms with E-state index in [1.807, 2.05) is 0 Å². The van der Waals surface area contributed by atoms with Crippen molar-refractivity contribution < 1.29 is 0 Å².